The number of hydrogen-bond acceptors (Lipinski definition) is 3. The molecule has 0 spiro atoms. The average Bonchev–Trinajstić information content (AvgIpc) is 2.83. The number of anilines is 1. The van der Waals surface area contributed by atoms with Gasteiger partial charge in [-0.05, 0) is 53.3 Å². The molecular weight excluding hydrogens is 506 g/mol. The van der Waals surface area contributed by atoms with Gasteiger partial charge in [-0.1, -0.05) is 96.9 Å². The molecule has 0 bridgehead atoms. The lowest BCUT2D eigenvalue weighted by molar-refractivity contribution is 0.589. The molecule has 0 aromatic heterocycles. The second-order valence-corrected chi connectivity index (χ2v) is 12.7. The maximum absolute atomic E-state index is 14.0. The molecule has 3 aromatic carbocycles. The van der Waals surface area contributed by atoms with Crippen LogP contribution in [-0.4, -0.2) is 26.8 Å². The van der Waals surface area contributed by atoms with Gasteiger partial charge in [0.15, 0.2) is 0 Å². The SMILES string of the molecule is Cc1ccc(N2CC(S(=O)(=O)c3ccccc3)=C(c3ccc(C(C)(C)C)cc3)C(CBr)C2)cc1. The van der Waals surface area contributed by atoms with E-state index >= 15 is 0 Å². The number of alkyl halides is 1. The maximum Gasteiger partial charge on any atom is 0.204 e. The molecule has 0 radical (unpaired) electrons. The fraction of sp³-hybridized carbons (Fsp3) is 0.310. The van der Waals surface area contributed by atoms with Crippen molar-refractivity contribution in [2.75, 3.05) is 23.3 Å². The van der Waals surface area contributed by atoms with Gasteiger partial charge in [0.2, 0.25) is 9.84 Å². The third-order valence-electron chi connectivity index (χ3n) is 6.51. The molecule has 5 heteroatoms. The first-order valence-electron chi connectivity index (χ1n) is 11.6. The van der Waals surface area contributed by atoms with Crippen molar-refractivity contribution in [1.82, 2.24) is 0 Å². The predicted octanol–water partition coefficient (Wildman–Crippen LogP) is 7.01. The van der Waals surface area contributed by atoms with Crippen molar-refractivity contribution in [2.45, 2.75) is 38.0 Å². The summed E-state index contributed by atoms with van der Waals surface area (Å²) in [5, 5.41) is 0.680. The summed E-state index contributed by atoms with van der Waals surface area (Å²) in [6.07, 6.45) is 0. The van der Waals surface area contributed by atoms with Crippen molar-refractivity contribution in [2.24, 2.45) is 5.92 Å². The number of hydrogen-bond donors (Lipinski definition) is 0. The van der Waals surface area contributed by atoms with E-state index in [0.717, 1.165) is 23.4 Å². The van der Waals surface area contributed by atoms with Gasteiger partial charge in [0, 0.05) is 23.5 Å². The first-order valence-corrected chi connectivity index (χ1v) is 14.2. The Labute approximate surface area is 212 Å². The van der Waals surface area contributed by atoms with Gasteiger partial charge in [-0.25, -0.2) is 8.42 Å². The zero-order valence-electron chi connectivity index (χ0n) is 20.3. The van der Waals surface area contributed by atoms with Gasteiger partial charge in [-0.15, -0.1) is 0 Å². The van der Waals surface area contributed by atoms with Crippen molar-refractivity contribution in [3.63, 3.8) is 0 Å². The number of rotatable bonds is 5. The van der Waals surface area contributed by atoms with Gasteiger partial charge < -0.3 is 4.90 Å². The van der Waals surface area contributed by atoms with E-state index in [1.165, 1.54) is 11.1 Å². The largest absolute Gasteiger partial charge is 0.366 e. The molecule has 0 fully saturated rings. The molecule has 0 saturated carbocycles. The Bertz CT molecular complexity index is 1270. The molecule has 1 unspecified atom stereocenters. The lowest BCUT2D eigenvalue weighted by atomic mass is 9.84. The highest BCUT2D eigenvalue weighted by Crippen LogP contribution is 2.40. The molecule has 1 aliphatic rings. The van der Waals surface area contributed by atoms with E-state index < -0.39 is 9.84 Å². The molecule has 0 amide bonds. The van der Waals surface area contributed by atoms with Crippen LogP contribution >= 0.6 is 15.9 Å². The molecule has 3 aromatic rings. The van der Waals surface area contributed by atoms with E-state index in [-0.39, 0.29) is 11.3 Å². The van der Waals surface area contributed by atoms with Gasteiger partial charge >= 0.3 is 0 Å². The van der Waals surface area contributed by atoms with Crippen molar-refractivity contribution in [3.8, 4) is 0 Å². The standard InChI is InChI=1S/C29H32BrNO2S/c1-21-10-16-25(17-11-21)31-19-23(18-30)28(22-12-14-24(15-13-22)29(2,3)4)27(20-31)34(32,33)26-8-6-5-7-9-26/h5-17,23H,18-20H2,1-4H3. The third-order valence-corrected chi connectivity index (χ3v) is 9.18. The summed E-state index contributed by atoms with van der Waals surface area (Å²) in [4.78, 5) is 3.01. The Morgan fingerprint density at radius 2 is 1.53 bits per heavy atom. The van der Waals surface area contributed by atoms with Crippen LogP contribution in [0.25, 0.3) is 5.57 Å². The molecule has 1 atom stereocenters. The van der Waals surface area contributed by atoms with Gasteiger partial charge in [-0.2, -0.15) is 0 Å². The van der Waals surface area contributed by atoms with Crippen LogP contribution in [0, 0.1) is 12.8 Å². The number of aryl methyl sites for hydroxylation is 1. The quantitative estimate of drug-likeness (QED) is 0.328. The zero-order valence-corrected chi connectivity index (χ0v) is 22.7. The van der Waals surface area contributed by atoms with Crippen LogP contribution in [0.4, 0.5) is 5.69 Å². The molecule has 3 nitrogen and oxygen atoms in total. The van der Waals surface area contributed by atoms with Crippen molar-refractivity contribution >= 4 is 37.0 Å². The summed E-state index contributed by atoms with van der Waals surface area (Å²) in [5.74, 6) is 0.0315. The zero-order chi connectivity index (χ0) is 24.5. The topological polar surface area (TPSA) is 37.4 Å². The van der Waals surface area contributed by atoms with Crippen molar-refractivity contribution < 1.29 is 8.42 Å². The minimum Gasteiger partial charge on any atom is -0.366 e. The summed E-state index contributed by atoms with van der Waals surface area (Å²) >= 11 is 3.70. The summed E-state index contributed by atoms with van der Waals surface area (Å²) in [5.41, 5.74) is 5.40. The highest BCUT2D eigenvalue weighted by molar-refractivity contribution is 9.09. The Morgan fingerprint density at radius 1 is 0.912 bits per heavy atom. The van der Waals surface area contributed by atoms with Gasteiger partial charge in [0.25, 0.3) is 0 Å². The molecule has 178 valence electrons. The van der Waals surface area contributed by atoms with E-state index in [2.05, 4.69) is 97.1 Å². The van der Waals surface area contributed by atoms with Crippen molar-refractivity contribution in [1.29, 1.82) is 0 Å². The number of benzene rings is 3. The Morgan fingerprint density at radius 3 is 2.09 bits per heavy atom. The highest BCUT2D eigenvalue weighted by atomic mass is 79.9. The molecular formula is C29H32BrNO2S. The van der Waals surface area contributed by atoms with E-state index in [1.807, 2.05) is 6.07 Å². The second-order valence-electron chi connectivity index (χ2n) is 10.0. The maximum atomic E-state index is 14.0. The van der Waals surface area contributed by atoms with E-state index in [4.69, 9.17) is 0 Å². The van der Waals surface area contributed by atoms with Crippen LogP contribution in [-0.2, 0) is 15.3 Å². The number of nitrogens with zero attached hydrogens (tertiary/aromatic N) is 1. The van der Waals surface area contributed by atoms with Crippen LogP contribution in [0.1, 0.15) is 37.5 Å². The Kier molecular flexibility index (Phi) is 7.07. The highest BCUT2D eigenvalue weighted by Gasteiger charge is 2.35. The molecule has 1 aliphatic heterocycles. The monoisotopic (exact) mass is 537 g/mol. The van der Waals surface area contributed by atoms with Gasteiger partial charge in [0.1, 0.15) is 0 Å². The summed E-state index contributed by atoms with van der Waals surface area (Å²) in [7, 11) is -3.67. The fourth-order valence-corrected chi connectivity index (χ4v) is 6.73. The van der Waals surface area contributed by atoms with Crippen LogP contribution < -0.4 is 4.90 Å². The lowest BCUT2D eigenvalue weighted by Gasteiger charge is -2.37. The smallest absolute Gasteiger partial charge is 0.204 e. The first-order chi connectivity index (χ1) is 16.1. The second kappa shape index (κ2) is 9.71. The molecule has 0 N–H and O–H groups in total. The predicted molar refractivity (Wildman–Crippen MR) is 146 cm³/mol. The lowest BCUT2D eigenvalue weighted by Crippen LogP contribution is -2.39. The van der Waals surface area contributed by atoms with Gasteiger partial charge in [0.05, 0.1) is 16.3 Å². The van der Waals surface area contributed by atoms with Crippen LogP contribution in [0.15, 0.2) is 88.7 Å². The van der Waals surface area contributed by atoms with E-state index in [1.54, 1.807) is 24.3 Å². The fourth-order valence-electron chi connectivity index (χ4n) is 4.50. The number of sulfone groups is 1. The van der Waals surface area contributed by atoms with Crippen molar-refractivity contribution in [3.05, 3.63) is 100 Å². The minimum absolute atomic E-state index is 0.0315. The summed E-state index contributed by atoms with van der Waals surface area (Å²) in [6.45, 7) is 9.72. The molecule has 4 rings (SSSR count). The Balaban J connectivity index is 1.89. The van der Waals surface area contributed by atoms with Crippen LogP contribution in [0.5, 0.6) is 0 Å². The average molecular weight is 539 g/mol. The van der Waals surface area contributed by atoms with Crippen LogP contribution in [0.2, 0.25) is 0 Å². The summed E-state index contributed by atoms with van der Waals surface area (Å²) < 4.78 is 28.0. The summed E-state index contributed by atoms with van der Waals surface area (Å²) in [6, 6.07) is 25.6. The minimum atomic E-state index is -3.67. The van der Waals surface area contributed by atoms with E-state index in [0.29, 0.717) is 21.7 Å². The molecule has 0 saturated heterocycles. The molecule has 1 heterocycles. The molecule has 34 heavy (non-hydrogen) atoms. The van der Waals surface area contributed by atoms with Crippen LogP contribution in [0.3, 0.4) is 0 Å². The molecule has 0 aliphatic carbocycles. The third kappa shape index (κ3) is 5.01. The number of halogens is 1. The normalized spacial score (nSPS) is 17.2. The van der Waals surface area contributed by atoms with E-state index in [9.17, 15) is 8.42 Å². The van der Waals surface area contributed by atoms with Gasteiger partial charge in [-0.3, -0.25) is 0 Å². The Hall–Kier alpha value is -2.37. The first kappa shape index (κ1) is 24.7.